The Kier molecular flexibility index (Phi) is 3.94. The first kappa shape index (κ1) is 14.1. The van der Waals surface area contributed by atoms with E-state index in [0.29, 0.717) is 0 Å². The highest BCUT2D eigenvalue weighted by Crippen LogP contribution is 2.40. The van der Waals surface area contributed by atoms with Crippen LogP contribution in [0.2, 0.25) is 0 Å². The second-order valence-corrected chi connectivity index (χ2v) is 6.66. The molecule has 1 aromatic heterocycles. The summed E-state index contributed by atoms with van der Waals surface area (Å²) in [6, 6.07) is 14.4. The van der Waals surface area contributed by atoms with Gasteiger partial charge in [0, 0.05) is 5.56 Å². The van der Waals surface area contributed by atoms with Crippen LogP contribution in [0.15, 0.2) is 46.7 Å². The Morgan fingerprint density at radius 1 is 1.24 bits per heavy atom. The number of carboxylic acids is 1. The molecule has 0 aliphatic heterocycles. The molecule has 2 aromatic carbocycles. The smallest absolute Gasteiger partial charge is 0.313 e. The van der Waals surface area contributed by atoms with E-state index in [-0.39, 0.29) is 5.75 Å². The van der Waals surface area contributed by atoms with E-state index in [1.807, 2.05) is 25.1 Å². The van der Waals surface area contributed by atoms with Crippen LogP contribution in [-0.2, 0) is 4.79 Å². The second kappa shape index (κ2) is 5.87. The molecule has 0 fully saturated rings. The predicted octanol–water partition coefficient (Wildman–Crippen LogP) is 4.45. The van der Waals surface area contributed by atoms with Crippen molar-refractivity contribution in [3.63, 3.8) is 0 Å². The fourth-order valence-corrected chi connectivity index (χ4v) is 4.14. The Labute approximate surface area is 130 Å². The van der Waals surface area contributed by atoms with Gasteiger partial charge >= 0.3 is 5.97 Å². The Morgan fingerprint density at radius 2 is 2.00 bits per heavy atom. The minimum absolute atomic E-state index is 0.0550. The van der Waals surface area contributed by atoms with Crippen molar-refractivity contribution in [1.82, 2.24) is 4.37 Å². The maximum atomic E-state index is 10.8. The molecular formula is C16H13NO2S2. The molecule has 0 bridgehead atoms. The van der Waals surface area contributed by atoms with Crippen molar-refractivity contribution in [1.29, 1.82) is 0 Å². The van der Waals surface area contributed by atoms with Gasteiger partial charge < -0.3 is 5.11 Å². The first-order valence-electron chi connectivity index (χ1n) is 6.46. The highest BCUT2D eigenvalue weighted by Gasteiger charge is 2.16. The number of benzene rings is 2. The van der Waals surface area contributed by atoms with Crippen molar-refractivity contribution in [3.05, 3.63) is 48.2 Å². The Bertz CT molecular complexity index is 806. The zero-order chi connectivity index (χ0) is 14.8. The van der Waals surface area contributed by atoms with Crippen LogP contribution in [0.5, 0.6) is 0 Å². The molecule has 0 unspecified atom stereocenters. The number of rotatable bonds is 4. The van der Waals surface area contributed by atoms with Gasteiger partial charge in [-0.15, -0.1) is 11.8 Å². The number of aromatic nitrogens is 1. The summed E-state index contributed by atoms with van der Waals surface area (Å²) < 4.78 is 5.37. The van der Waals surface area contributed by atoms with Crippen LogP contribution in [-0.4, -0.2) is 21.2 Å². The lowest BCUT2D eigenvalue weighted by Gasteiger charge is -2.08. The molecule has 0 aliphatic rings. The van der Waals surface area contributed by atoms with Crippen molar-refractivity contribution >= 4 is 40.0 Å². The number of aliphatic carboxylic acids is 1. The SMILES string of the molecule is Cc1nsc(SCC(=O)O)c1-c1cccc2ccccc12. The van der Waals surface area contributed by atoms with E-state index in [2.05, 4.69) is 28.6 Å². The molecule has 0 amide bonds. The standard InChI is InChI=1S/C16H13NO2S2/c1-10-15(16(21-17-10)20-9-14(18)19)13-8-4-6-11-5-2-3-7-12(11)13/h2-8H,9H2,1H3,(H,18,19). The summed E-state index contributed by atoms with van der Waals surface area (Å²) in [6.45, 7) is 1.97. The molecule has 0 atom stereocenters. The third kappa shape index (κ3) is 2.80. The molecule has 0 spiro atoms. The number of carboxylic acid groups (broad SMARTS) is 1. The van der Waals surface area contributed by atoms with Crippen LogP contribution in [0.25, 0.3) is 21.9 Å². The largest absolute Gasteiger partial charge is 0.481 e. The lowest BCUT2D eigenvalue weighted by atomic mass is 9.99. The molecule has 21 heavy (non-hydrogen) atoms. The van der Waals surface area contributed by atoms with Crippen LogP contribution in [0.3, 0.4) is 0 Å². The minimum atomic E-state index is -0.810. The first-order chi connectivity index (χ1) is 10.2. The number of nitrogens with zero attached hydrogens (tertiary/aromatic N) is 1. The molecule has 0 saturated heterocycles. The summed E-state index contributed by atoms with van der Waals surface area (Å²) in [4.78, 5) is 10.8. The molecular weight excluding hydrogens is 302 g/mol. The number of hydrogen-bond donors (Lipinski definition) is 1. The molecule has 0 aliphatic carbocycles. The van der Waals surface area contributed by atoms with Gasteiger partial charge in [0.2, 0.25) is 0 Å². The summed E-state index contributed by atoms with van der Waals surface area (Å²) in [6.07, 6.45) is 0. The number of fused-ring (bicyclic) bond motifs is 1. The molecule has 1 N–H and O–H groups in total. The van der Waals surface area contributed by atoms with Crippen molar-refractivity contribution in [2.24, 2.45) is 0 Å². The quantitative estimate of drug-likeness (QED) is 0.723. The zero-order valence-electron chi connectivity index (χ0n) is 11.4. The van der Waals surface area contributed by atoms with Gasteiger partial charge in [-0.25, -0.2) is 0 Å². The predicted molar refractivity (Wildman–Crippen MR) is 88.2 cm³/mol. The van der Waals surface area contributed by atoms with Crippen molar-refractivity contribution in [3.8, 4) is 11.1 Å². The lowest BCUT2D eigenvalue weighted by molar-refractivity contribution is -0.133. The molecule has 3 aromatic rings. The highest BCUT2D eigenvalue weighted by molar-refractivity contribution is 8.01. The number of aryl methyl sites for hydroxylation is 1. The third-order valence-corrected chi connectivity index (χ3v) is 5.39. The van der Waals surface area contributed by atoms with Gasteiger partial charge in [0.05, 0.1) is 15.7 Å². The van der Waals surface area contributed by atoms with E-state index >= 15 is 0 Å². The van der Waals surface area contributed by atoms with E-state index in [1.54, 1.807) is 0 Å². The third-order valence-electron chi connectivity index (χ3n) is 3.22. The van der Waals surface area contributed by atoms with Crippen molar-refractivity contribution in [2.75, 3.05) is 5.75 Å². The van der Waals surface area contributed by atoms with Crippen molar-refractivity contribution in [2.45, 2.75) is 11.1 Å². The highest BCUT2D eigenvalue weighted by atomic mass is 32.2. The molecule has 3 nitrogen and oxygen atoms in total. The van der Waals surface area contributed by atoms with Gasteiger partial charge in [0.25, 0.3) is 0 Å². The Hall–Kier alpha value is -1.85. The van der Waals surface area contributed by atoms with Gasteiger partial charge in [0.1, 0.15) is 0 Å². The fraction of sp³-hybridized carbons (Fsp3) is 0.125. The van der Waals surface area contributed by atoms with Crippen molar-refractivity contribution < 1.29 is 9.90 Å². The summed E-state index contributed by atoms with van der Waals surface area (Å²) in [5, 5.41) is 11.2. The molecule has 1 heterocycles. The first-order valence-corrected chi connectivity index (χ1v) is 8.21. The number of hydrogen-bond acceptors (Lipinski definition) is 4. The molecule has 0 radical (unpaired) electrons. The van der Waals surface area contributed by atoms with Gasteiger partial charge in [-0.1, -0.05) is 42.5 Å². The Morgan fingerprint density at radius 3 is 2.81 bits per heavy atom. The average molecular weight is 315 g/mol. The molecule has 3 rings (SSSR count). The summed E-state index contributed by atoms with van der Waals surface area (Å²) >= 11 is 2.71. The van der Waals surface area contributed by atoms with Crippen LogP contribution < -0.4 is 0 Å². The minimum Gasteiger partial charge on any atom is -0.481 e. The second-order valence-electron chi connectivity index (χ2n) is 4.64. The van der Waals surface area contributed by atoms with Gasteiger partial charge in [-0.3, -0.25) is 4.79 Å². The maximum absolute atomic E-state index is 10.8. The topological polar surface area (TPSA) is 50.2 Å². The summed E-state index contributed by atoms with van der Waals surface area (Å²) in [5.41, 5.74) is 3.12. The molecule has 106 valence electrons. The lowest BCUT2D eigenvalue weighted by Crippen LogP contribution is -1.97. The van der Waals surface area contributed by atoms with Gasteiger partial charge in [0.15, 0.2) is 0 Å². The molecule has 0 saturated carbocycles. The van der Waals surface area contributed by atoms with E-state index in [4.69, 9.17) is 5.11 Å². The average Bonchev–Trinajstić information content (AvgIpc) is 2.85. The van der Waals surface area contributed by atoms with Gasteiger partial charge in [-0.2, -0.15) is 4.37 Å². The molecule has 5 heteroatoms. The number of thioether (sulfide) groups is 1. The van der Waals surface area contributed by atoms with Gasteiger partial charge in [-0.05, 0) is 34.8 Å². The number of carbonyl (C=O) groups is 1. The summed E-state index contributed by atoms with van der Waals surface area (Å²) in [7, 11) is 0. The van der Waals surface area contributed by atoms with E-state index in [0.717, 1.165) is 21.0 Å². The maximum Gasteiger partial charge on any atom is 0.313 e. The summed E-state index contributed by atoms with van der Waals surface area (Å²) in [5.74, 6) is -0.755. The van der Waals surface area contributed by atoms with Crippen LogP contribution in [0.4, 0.5) is 0 Å². The normalized spacial score (nSPS) is 10.9. The zero-order valence-corrected chi connectivity index (χ0v) is 13.0. The Balaban J connectivity index is 2.14. The monoisotopic (exact) mass is 315 g/mol. The van der Waals surface area contributed by atoms with E-state index in [9.17, 15) is 4.79 Å². The van der Waals surface area contributed by atoms with Crippen LogP contribution >= 0.6 is 23.3 Å². The van der Waals surface area contributed by atoms with E-state index < -0.39 is 5.97 Å². The van der Waals surface area contributed by atoms with Crippen LogP contribution in [0, 0.1) is 6.92 Å². The van der Waals surface area contributed by atoms with Crippen LogP contribution in [0.1, 0.15) is 5.69 Å². The fourth-order valence-electron chi connectivity index (χ4n) is 2.32. The van der Waals surface area contributed by atoms with E-state index in [1.165, 1.54) is 34.1 Å².